The van der Waals surface area contributed by atoms with Crippen LogP contribution in [0.2, 0.25) is 0 Å². The van der Waals surface area contributed by atoms with E-state index < -0.39 is 10.3 Å². The fourth-order valence-corrected chi connectivity index (χ4v) is 3.30. The molecule has 0 fully saturated rings. The van der Waals surface area contributed by atoms with E-state index in [1.54, 1.807) is 24.3 Å². The second-order valence-corrected chi connectivity index (χ2v) is 6.11. The van der Waals surface area contributed by atoms with Crippen molar-refractivity contribution in [3.63, 3.8) is 0 Å². The van der Waals surface area contributed by atoms with Gasteiger partial charge in [-0.3, -0.25) is 0 Å². The lowest BCUT2D eigenvalue weighted by atomic mass is 10.1. The molecule has 0 N–H and O–H groups in total. The number of terminal acetylenes is 1. The van der Waals surface area contributed by atoms with Crippen LogP contribution < -0.4 is 8.37 Å². The highest BCUT2D eigenvalue weighted by atomic mass is 32.2. The van der Waals surface area contributed by atoms with Gasteiger partial charge in [0.05, 0.1) is 5.69 Å². The molecular formula is C16H13NO3S. The highest BCUT2D eigenvalue weighted by Gasteiger charge is 2.30. The van der Waals surface area contributed by atoms with Crippen molar-refractivity contribution in [1.82, 2.24) is 0 Å². The molecule has 0 bridgehead atoms. The average Bonchev–Trinajstić information content (AvgIpc) is 2.83. The molecule has 1 aliphatic rings. The van der Waals surface area contributed by atoms with Crippen LogP contribution in [0, 0.1) is 26.2 Å². The zero-order valence-electron chi connectivity index (χ0n) is 11.6. The fourth-order valence-electron chi connectivity index (χ4n) is 1.98. The summed E-state index contributed by atoms with van der Waals surface area (Å²) in [6, 6.07) is 10.6. The van der Waals surface area contributed by atoms with E-state index in [4.69, 9.17) is 14.8 Å². The van der Waals surface area contributed by atoms with Gasteiger partial charge < -0.3 is 8.37 Å². The van der Waals surface area contributed by atoms with Crippen molar-refractivity contribution in [3.8, 4) is 23.8 Å². The number of hydrogen-bond acceptors (Lipinski definition) is 4. The van der Waals surface area contributed by atoms with E-state index in [1.807, 2.05) is 26.0 Å². The molecule has 5 heteroatoms. The van der Waals surface area contributed by atoms with Crippen LogP contribution in [0.3, 0.4) is 0 Å². The summed E-state index contributed by atoms with van der Waals surface area (Å²) in [4.78, 5) is 0. The van der Waals surface area contributed by atoms with Gasteiger partial charge in [-0.15, -0.1) is 10.8 Å². The predicted molar refractivity (Wildman–Crippen MR) is 81.8 cm³/mol. The molecule has 0 amide bonds. The molecular weight excluding hydrogens is 286 g/mol. The van der Waals surface area contributed by atoms with Gasteiger partial charge >= 0.3 is 10.3 Å². The van der Waals surface area contributed by atoms with Gasteiger partial charge in [-0.1, -0.05) is 18.1 Å². The van der Waals surface area contributed by atoms with Crippen LogP contribution in [0.15, 0.2) is 40.8 Å². The largest absolute Gasteiger partial charge is 0.393 e. The Balaban J connectivity index is 2.02. The number of fused-ring (bicyclic) bond motifs is 1. The first-order valence-electron chi connectivity index (χ1n) is 6.34. The van der Waals surface area contributed by atoms with Gasteiger partial charge in [0.2, 0.25) is 0 Å². The Labute approximate surface area is 124 Å². The highest BCUT2D eigenvalue weighted by molar-refractivity contribution is 7.85. The third-order valence-corrected chi connectivity index (χ3v) is 4.32. The molecule has 2 aromatic carbocycles. The Morgan fingerprint density at radius 2 is 1.52 bits per heavy atom. The van der Waals surface area contributed by atoms with Crippen LogP contribution in [0.1, 0.15) is 16.7 Å². The van der Waals surface area contributed by atoms with E-state index in [0.29, 0.717) is 17.2 Å². The molecule has 0 saturated heterocycles. The van der Waals surface area contributed by atoms with Crippen molar-refractivity contribution in [2.45, 2.75) is 13.8 Å². The van der Waals surface area contributed by atoms with E-state index in [1.165, 1.54) is 0 Å². The first-order chi connectivity index (χ1) is 10.0. The zero-order valence-corrected chi connectivity index (χ0v) is 12.4. The molecule has 1 aliphatic heterocycles. The molecule has 0 radical (unpaired) electrons. The molecule has 0 atom stereocenters. The lowest BCUT2D eigenvalue weighted by Crippen LogP contribution is -2.08. The van der Waals surface area contributed by atoms with Gasteiger partial charge in [-0.05, 0) is 49.2 Å². The van der Waals surface area contributed by atoms with Gasteiger partial charge in [0.15, 0.2) is 11.5 Å². The van der Waals surface area contributed by atoms with Gasteiger partial charge in [0.1, 0.15) is 0 Å². The lowest BCUT2D eigenvalue weighted by Gasteiger charge is -2.01. The Morgan fingerprint density at radius 3 is 2.00 bits per heavy atom. The summed E-state index contributed by atoms with van der Waals surface area (Å²) in [7, 11) is -3.26. The minimum atomic E-state index is -3.26. The van der Waals surface area contributed by atoms with Crippen molar-refractivity contribution in [3.05, 3.63) is 53.1 Å². The Bertz CT molecular complexity index is 833. The second-order valence-electron chi connectivity index (χ2n) is 4.73. The second kappa shape index (κ2) is 4.83. The number of benzene rings is 2. The third-order valence-electron chi connectivity index (χ3n) is 3.13. The van der Waals surface area contributed by atoms with E-state index >= 15 is 0 Å². The molecule has 21 heavy (non-hydrogen) atoms. The van der Waals surface area contributed by atoms with Crippen molar-refractivity contribution < 1.29 is 12.6 Å². The summed E-state index contributed by atoms with van der Waals surface area (Å²) in [6.07, 6.45) is 5.29. The molecule has 4 nitrogen and oxygen atoms in total. The predicted octanol–water partition coefficient (Wildman–Crippen LogP) is 3.69. The van der Waals surface area contributed by atoms with Crippen LogP contribution >= 0.6 is 0 Å². The third kappa shape index (κ3) is 2.46. The Kier molecular flexibility index (Phi) is 3.11. The SMILES string of the molecule is C#Cc1ccc(N=S2(=O)Oc3c(C)ccc(C)c3O2)cc1. The normalized spacial score (nSPS) is 14.5. The number of rotatable bonds is 1. The van der Waals surface area contributed by atoms with Gasteiger partial charge in [0, 0.05) is 5.56 Å². The topological polar surface area (TPSA) is 47.9 Å². The van der Waals surface area contributed by atoms with Crippen LogP contribution in [-0.2, 0) is 10.3 Å². The maximum absolute atomic E-state index is 12.6. The minimum absolute atomic E-state index is 0.488. The minimum Gasteiger partial charge on any atom is -0.363 e. The van der Waals surface area contributed by atoms with Crippen molar-refractivity contribution >= 4 is 16.0 Å². The van der Waals surface area contributed by atoms with Crippen LogP contribution in [0.25, 0.3) is 0 Å². The molecule has 0 aromatic heterocycles. The zero-order chi connectivity index (χ0) is 15.0. The summed E-state index contributed by atoms with van der Waals surface area (Å²) in [5.74, 6) is 3.49. The van der Waals surface area contributed by atoms with Crippen molar-refractivity contribution in [1.29, 1.82) is 0 Å². The number of nitrogens with zero attached hydrogens (tertiary/aromatic N) is 1. The molecule has 106 valence electrons. The summed E-state index contributed by atoms with van der Waals surface area (Å²) in [5, 5.41) is 0. The summed E-state index contributed by atoms with van der Waals surface area (Å²) < 4.78 is 27.6. The summed E-state index contributed by atoms with van der Waals surface area (Å²) >= 11 is 0. The lowest BCUT2D eigenvalue weighted by molar-refractivity contribution is 0.504. The molecule has 3 rings (SSSR count). The standard InChI is InChI=1S/C16H13NO3S/c1-4-13-7-9-14(10-8-13)17-21(18)19-15-11(2)5-6-12(3)16(15)20-21/h1,5-10H,2-3H3. The molecule has 0 spiro atoms. The van der Waals surface area contributed by atoms with Gasteiger partial charge in [-0.25, -0.2) is 0 Å². The Morgan fingerprint density at radius 1 is 1.00 bits per heavy atom. The first-order valence-corrected chi connectivity index (χ1v) is 7.70. The Hall–Kier alpha value is -2.45. The van der Waals surface area contributed by atoms with E-state index in [-0.39, 0.29) is 0 Å². The molecule has 1 heterocycles. The molecule has 0 aliphatic carbocycles. The van der Waals surface area contributed by atoms with E-state index in [2.05, 4.69) is 10.3 Å². The average molecular weight is 299 g/mol. The van der Waals surface area contributed by atoms with Crippen molar-refractivity contribution in [2.24, 2.45) is 4.36 Å². The van der Waals surface area contributed by atoms with E-state index in [0.717, 1.165) is 16.7 Å². The summed E-state index contributed by atoms with van der Waals surface area (Å²) in [5.41, 5.74) is 2.94. The summed E-state index contributed by atoms with van der Waals surface area (Å²) in [6.45, 7) is 3.74. The number of aryl methyl sites for hydroxylation is 2. The van der Waals surface area contributed by atoms with Crippen LogP contribution in [-0.4, -0.2) is 4.21 Å². The van der Waals surface area contributed by atoms with Gasteiger partial charge in [0.25, 0.3) is 0 Å². The monoisotopic (exact) mass is 299 g/mol. The molecule has 0 unspecified atom stereocenters. The molecule has 0 saturated carbocycles. The van der Waals surface area contributed by atoms with Gasteiger partial charge in [-0.2, -0.15) is 4.21 Å². The fraction of sp³-hybridized carbons (Fsp3) is 0.125. The number of hydrogen-bond donors (Lipinski definition) is 0. The van der Waals surface area contributed by atoms with E-state index in [9.17, 15) is 4.21 Å². The van der Waals surface area contributed by atoms with Crippen molar-refractivity contribution in [2.75, 3.05) is 0 Å². The maximum atomic E-state index is 12.6. The van der Waals surface area contributed by atoms with Crippen LogP contribution in [0.4, 0.5) is 5.69 Å². The maximum Gasteiger partial charge on any atom is 0.393 e. The highest BCUT2D eigenvalue weighted by Crippen LogP contribution is 2.42. The first kappa shape index (κ1) is 13.5. The quantitative estimate of drug-likeness (QED) is 0.755. The van der Waals surface area contributed by atoms with Crippen LogP contribution in [0.5, 0.6) is 11.5 Å². The smallest absolute Gasteiger partial charge is 0.363 e. The molecule has 2 aromatic rings.